The smallest absolute Gasteiger partial charge is 0.416 e. The number of ether oxygens (including phenoxy) is 1. The molecule has 2 saturated heterocycles. The average Bonchev–Trinajstić information content (AvgIpc) is 3.32. The SMILES string of the molecule is O=C1[C@H]2[C@H](C[C@H](CO)[C@@]3(O)O[C@H](c4cc(Br)ccc4O)C[C@@H]23)C(=O)N1c1cc(C(F)(F)F)cc(C(F)(F)F)c1. The van der Waals surface area contributed by atoms with Crippen LogP contribution in [0.25, 0.3) is 0 Å². The lowest BCUT2D eigenvalue weighted by molar-refractivity contribution is -0.274. The Labute approximate surface area is 225 Å². The molecule has 6 atom stereocenters. The zero-order valence-electron chi connectivity index (χ0n) is 19.6. The molecular weight excluding hydrogens is 604 g/mol. The van der Waals surface area contributed by atoms with Crippen molar-refractivity contribution in [3.63, 3.8) is 0 Å². The number of aromatic hydroxyl groups is 1. The normalized spacial score (nSPS) is 31.0. The second-order valence-electron chi connectivity index (χ2n) is 9.93. The Kier molecular flexibility index (Phi) is 6.56. The van der Waals surface area contributed by atoms with Gasteiger partial charge in [-0.25, -0.2) is 0 Å². The number of amides is 2. The zero-order chi connectivity index (χ0) is 28.7. The van der Waals surface area contributed by atoms with E-state index in [1.54, 1.807) is 6.07 Å². The van der Waals surface area contributed by atoms with E-state index >= 15 is 0 Å². The van der Waals surface area contributed by atoms with Crippen LogP contribution in [0.5, 0.6) is 5.75 Å². The summed E-state index contributed by atoms with van der Waals surface area (Å²) in [5, 5.41) is 31.9. The third-order valence-electron chi connectivity index (χ3n) is 7.75. The number of anilines is 1. The molecule has 210 valence electrons. The predicted molar refractivity (Wildman–Crippen MR) is 124 cm³/mol. The molecule has 0 bridgehead atoms. The molecule has 5 rings (SSSR count). The minimum Gasteiger partial charge on any atom is -0.508 e. The lowest BCUT2D eigenvalue weighted by atomic mass is 9.64. The maximum absolute atomic E-state index is 13.6. The van der Waals surface area contributed by atoms with Crippen molar-refractivity contribution in [3.05, 3.63) is 57.6 Å². The van der Waals surface area contributed by atoms with Crippen LogP contribution in [0.4, 0.5) is 32.0 Å². The molecular formula is C25H20BrF6NO6. The maximum atomic E-state index is 13.6. The van der Waals surface area contributed by atoms with Crippen molar-refractivity contribution in [3.8, 4) is 5.75 Å². The van der Waals surface area contributed by atoms with Crippen molar-refractivity contribution in [2.45, 2.75) is 37.1 Å². The van der Waals surface area contributed by atoms with E-state index in [1.807, 2.05) is 0 Å². The molecule has 1 aliphatic carbocycles. The van der Waals surface area contributed by atoms with Gasteiger partial charge in [0, 0.05) is 21.9 Å². The molecule has 2 aromatic rings. The van der Waals surface area contributed by atoms with Gasteiger partial charge in [-0.1, -0.05) is 15.9 Å². The number of carbonyl (C=O) groups excluding carboxylic acids is 2. The van der Waals surface area contributed by atoms with E-state index in [9.17, 15) is 51.3 Å². The first kappa shape index (κ1) is 27.9. The molecule has 3 N–H and O–H groups in total. The van der Waals surface area contributed by atoms with Crippen molar-refractivity contribution in [2.24, 2.45) is 23.7 Å². The first-order valence-electron chi connectivity index (χ1n) is 11.7. The predicted octanol–water partition coefficient (Wildman–Crippen LogP) is 4.78. The van der Waals surface area contributed by atoms with Crippen LogP contribution in [0.15, 0.2) is 40.9 Å². The Morgan fingerprint density at radius 1 is 0.974 bits per heavy atom. The van der Waals surface area contributed by atoms with Crippen molar-refractivity contribution in [1.82, 2.24) is 0 Å². The van der Waals surface area contributed by atoms with E-state index in [2.05, 4.69) is 15.9 Å². The Bertz CT molecular complexity index is 1320. The van der Waals surface area contributed by atoms with Gasteiger partial charge < -0.3 is 20.1 Å². The van der Waals surface area contributed by atoms with Gasteiger partial charge in [0.1, 0.15) is 5.75 Å². The number of phenols is 1. The fourth-order valence-electron chi connectivity index (χ4n) is 5.99. The summed E-state index contributed by atoms with van der Waals surface area (Å²) in [6, 6.07) is 4.91. The van der Waals surface area contributed by atoms with Crippen molar-refractivity contribution >= 4 is 33.4 Å². The van der Waals surface area contributed by atoms with Crippen LogP contribution in [0.1, 0.15) is 35.6 Å². The van der Waals surface area contributed by atoms with Crippen LogP contribution in [-0.2, 0) is 26.7 Å². The molecule has 3 aliphatic rings. The Hall–Kier alpha value is -2.68. The van der Waals surface area contributed by atoms with E-state index in [0.29, 0.717) is 21.5 Å². The average molecular weight is 624 g/mol. The van der Waals surface area contributed by atoms with E-state index in [-0.39, 0.29) is 30.2 Å². The quantitative estimate of drug-likeness (QED) is 0.336. The number of aliphatic hydroxyl groups is 2. The highest BCUT2D eigenvalue weighted by atomic mass is 79.9. The molecule has 14 heteroatoms. The third kappa shape index (κ3) is 4.50. The molecule has 7 nitrogen and oxygen atoms in total. The van der Waals surface area contributed by atoms with E-state index in [4.69, 9.17) is 4.74 Å². The Morgan fingerprint density at radius 2 is 1.59 bits per heavy atom. The van der Waals surface area contributed by atoms with Gasteiger partial charge in [-0.15, -0.1) is 0 Å². The monoisotopic (exact) mass is 623 g/mol. The number of benzene rings is 2. The lowest BCUT2D eigenvalue weighted by Gasteiger charge is -2.44. The molecule has 2 aromatic carbocycles. The van der Waals surface area contributed by atoms with Gasteiger partial charge >= 0.3 is 12.4 Å². The van der Waals surface area contributed by atoms with E-state index < -0.39 is 83.2 Å². The first-order chi connectivity index (χ1) is 18.1. The molecule has 0 radical (unpaired) electrons. The number of hydrogen-bond donors (Lipinski definition) is 3. The molecule has 0 spiro atoms. The minimum atomic E-state index is -5.20. The highest BCUT2D eigenvalue weighted by Crippen LogP contribution is 2.59. The number of nitrogens with zero attached hydrogens (tertiary/aromatic N) is 1. The van der Waals surface area contributed by atoms with Crippen LogP contribution >= 0.6 is 15.9 Å². The molecule has 3 fully saturated rings. The summed E-state index contributed by atoms with van der Waals surface area (Å²) in [6.45, 7) is -0.684. The van der Waals surface area contributed by atoms with Crippen molar-refractivity contribution < 1.29 is 56.0 Å². The van der Waals surface area contributed by atoms with Crippen LogP contribution < -0.4 is 4.90 Å². The van der Waals surface area contributed by atoms with E-state index in [0.717, 1.165) is 0 Å². The van der Waals surface area contributed by atoms with Crippen LogP contribution in [0.2, 0.25) is 0 Å². The van der Waals surface area contributed by atoms with Crippen LogP contribution in [0.3, 0.4) is 0 Å². The number of alkyl halides is 6. The molecule has 0 aromatic heterocycles. The maximum Gasteiger partial charge on any atom is 0.416 e. The molecule has 2 amide bonds. The molecule has 0 unspecified atom stereocenters. The standard InChI is InChI=1S/C25H20BrF6NO6/c26-13-1-2-18(35)15(7-13)19-8-17-20-16(6-12(9-34)23(17,38)39-19)21(36)33(22(20)37)14-4-10(24(27,28)29)3-11(5-14)25(30,31)32/h1-5,7,12,16-17,19-20,34-35,38H,6,8-9H2/t12-,16+,17+,19+,20+,23-/m1/s1. The number of hydrogen-bond acceptors (Lipinski definition) is 6. The highest BCUT2D eigenvalue weighted by molar-refractivity contribution is 9.10. The first-order valence-corrected chi connectivity index (χ1v) is 12.5. The molecule has 39 heavy (non-hydrogen) atoms. The zero-order valence-corrected chi connectivity index (χ0v) is 21.2. The second-order valence-corrected chi connectivity index (χ2v) is 10.8. The number of fused-ring (bicyclic) bond motifs is 3. The van der Waals surface area contributed by atoms with Gasteiger partial charge in [0.25, 0.3) is 0 Å². The van der Waals surface area contributed by atoms with Gasteiger partial charge in [-0.2, -0.15) is 26.3 Å². The number of aliphatic hydroxyl groups excluding tert-OH is 1. The summed E-state index contributed by atoms with van der Waals surface area (Å²) in [5.74, 6) is -9.33. The van der Waals surface area contributed by atoms with Gasteiger partial charge in [-0.05, 0) is 49.2 Å². The Balaban J connectivity index is 1.57. The number of phenolic OH excluding ortho intramolecular Hbond substituents is 1. The van der Waals surface area contributed by atoms with Crippen molar-refractivity contribution in [2.75, 3.05) is 11.5 Å². The van der Waals surface area contributed by atoms with Crippen molar-refractivity contribution in [1.29, 1.82) is 0 Å². The van der Waals surface area contributed by atoms with Gasteiger partial charge in [0.2, 0.25) is 11.8 Å². The Morgan fingerprint density at radius 3 is 2.15 bits per heavy atom. The minimum absolute atomic E-state index is 0.109. The third-order valence-corrected chi connectivity index (χ3v) is 8.24. The van der Waals surface area contributed by atoms with Gasteiger partial charge in [0.05, 0.1) is 41.4 Å². The number of halogens is 7. The number of carbonyl (C=O) groups is 2. The second kappa shape index (κ2) is 9.18. The van der Waals surface area contributed by atoms with Gasteiger partial charge in [0.15, 0.2) is 5.79 Å². The van der Waals surface area contributed by atoms with E-state index in [1.165, 1.54) is 12.1 Å². The lowest BCUT2D eigenvalue weighted by Crippen LogP contribution is -2.54. The highest BCUT2D eigenvalue weighted by Gasteiger charge is 2.67. The topological polar surface area (TPSA) is 107 Å². The summed E-state index contributed by atoms with van der Waals surface area (Å²) in [5.41, 5.74) is -4.05. The summed E-state index contributed by atoms with van der Waals surface area (Å²) in [4.78, 5) is 27.2. The largest absolute Gasteiger partial charge is 0.508 e. The molecule has 1 saturated carbocycles. The van der Waals surface area contributed by atoms with Crippen LogP contribution in [0, 0.1) is 23.7 Å². The molecule has 2 aliphatic heterocycles. The number of rotatable bonds is 3. The van der Waals surface area contributed by atoms with Gasteiger partial charge in [-0.3, -0.25) is 14.5 Å². The summed E-state index contributed by atoms with van der Waals surface area (Å²) in [6.07, 6.45) is -11.8. The summed E-state index contributed by atoms with van der Waals surface area (Å²) < 4.78 is 87.1. The summed E-state index contributed by atoms with van der Waals surface area (Å²) in [7, 11) is 0. The number of imide groups is 1. The summed E-state index contributed by atoms with van der Waals surface area (Å²) >= 11 is 3.26. The molecule has 2 heterocycles. The van der Waals surface area contributed by atoms with Crippen LogP contribution in [-0.4, -0.2) is 39.5 Å². The fourth-order valence-corrected chi connectivity index (χ4v) is 6.37. The fraction of sp³-hybridized carbons (Fsp3) is 0.440.